The number of hydrogen-bond donors (Lipinski definition) is 1. The van der Waals surface area contributed by atoms with Crippen LogP contribution in [0.1, 0.15) is 5.56 Å². The molecule has 2 aromatic carbocycles. The lowest BCUT2D eigenvalue weighted by Crippen LogP contribution is -2.04. The molecule has 24 heavy (non-hydrogen) atoms. The van der Waals surface area contributed by atoms with E-state index >= 15 is 0 Å². The van der Waals surface area contributed by atoms with Crippen LogP contribution < -0.4 is 10.1 Å². The Balaban J connectivity index is 1.90. The Bertz CT molecular complexity index is 921. The Morgan fingerprint density at radius 1 is 1.17 bits per heavy atom. The first-order valence-electron chi connectivity index (χ1n) is 7.63. The average molecular weight is 360 g/mol. The second-order valence-electron chi connectivity index (χ2n) is 5.59. The van der Waals surface area contributed by atoms with Crippen molar-refractivity contribution in [2.24, 2.45) is 0 Å². The molecular formula is C18H15Cl2N3O. The number of rotatable bonds is 3. The van der Waals surface area contributed by atoms with Gasteiger partial charge in [0.25, 0.3) is 0 Å². The Kier molecular flexibility index (Phi) is 3.87. The molecule has 4 nitrogen and oxygen atoms in total. The maximum absolute atomic E-state index is 6.37. The SMILES string of the molecule is COc1cccc(-c2nn(-c3cc(Cl)ccc3Cl)c3c2CCN3)c1. The molecule has 0 fully saturated rings. The van der Waals surface area contributed by atoms with Gasteiger partial charge in [-0.05, 0) is 36.8 Å². The highest BCUT2D eigenvalue weighted by molar-refractivity contribution is 6.34. The molecule has 1 aliphatic heterocycles. The van der Waals surface area contributed by atoms with Crippen molar-refractivity contribution in [1.29, 1.82) is 0 Å². The molecule has 122 valence electrons. The fourth-order valence-electron chi connectivity index (χ4n) is 3.00. The van der Waals surface area contributed by atoms with E-state index in [2.05, 4.69) is 5.32 Å². The summed E-state index contributed by atoms with van der Waals surface area (Å²) in [5, 5.41) is 9.44. The molecule has 0 spiro atoms. The molecular weight excluding hydrogens is 345 g/mol. The van der Waals surface area contributed by atoms with Gasteiger partial charge in [-0.25, -0.2) is 4.68 Å². The predicted octanol–water partition coefficient (Wildman–Crippen LogP) is 4.82. The molecule has 0 saturated heterocycles. The van der Waals surface area contributed by atoms with Crippen molar-refractivity contribution in [3.63, 3.8) is 0 Å². The Labute approximate surface area is 150 Å². The van der Waals surface area contributed by atoms with Gasteiger partial charge in [0.2, 0.25) is 0 Å². The molecule has 4 rings (SSSR count). The highest BCUT2D eigenvalue weighted by Gasteiger charge is 2.25. The van der Waals surface area contributed by atoms with Gasteiger partial charge in [-0.15, -0.1) is 0 Å². The van der Waals surface area contributed by atoms with Crippen LogP contribution in [0.3, 0.4) is 0 Å². The summed E-state index contributed by atoms with van der Waals surface area (Å²) in [4.78, 5) is 0. The molecule has 1 aliphatic rings. The number of ether oxygens (including phenoxy) is 1. The number of halogens is 2. The summed E-state index contributed by atoms with van der Waals surface area (Å²) < 4.78 is 7.17. The number of hydrogen-bond acceptors (Lipinski definition) is 3. The van der Waals surface area contributed by atoms with Gasteiger partial charge in [-0.1, -0.05) is 35.3 Å². The molecule has 0 saturated carbocycles. The highest BCUT2D eigenvalue weighted by atomic mass is 35.5. The van der Waals surface area contributed by atoms with Crippen LogP contribution in [0.5, 0.6) is 5.75 Å². The minimum Gasteiger partial charge on any atom is -0.497 e. The normalized spacial score (nSPS) is 12.8. The molecule has 0 bridgehead atoms. The molecule has 0 unspecified atom stereocenters. The Morgan fingerprint density at radius 2 is 2.04 bits per heavy atom. The van der Waals surface area contributed by atoms with Crippen LogP contribution >= 0.6 is 23.2 Å². The molecule has 1 N–H and O–H groups in total. The van der Waals surface area contributed by atoms with Crippen LogP contribution in [-0.2, 0) is 6.42 Å². The highest BCUT2D eigenvalue weighted by Crippen LogP contribution is 2.37. The van der Waals surface area contributed by atoms with Gasteiger partial charge in [-0.3, -0.25) is 0 Å². The predicted molar refractivity (Wildman–Crippen MR) is 97.8 cm³/mol. The van der Waals surface area contributed by atoms with Gasteiger partial charge in [0.15, 0.2) is 0 Å². The number of anilines is 1. The summed E-state index contributed by atoms with van der Waals surface area (Å²) in [6.45, 7) is 0.877. The molecule has 0 atom stereocenters. The van der Waals surface area contributed by atoms with E-state index in [4.69, 9.17) is 33.0 Å². The Hall–Kier alpha value is -2.17. The minimum atomic E-state index is 0.607. The van der Waals surface area contributed by atoms with Gasteiger partial charge in [0.1, 0.15) is 11.6 Å². The number of aromatic nitrogens is 2. The monoisotopic (exact) mass is 359 g/mol. The van der Waals surface area contributed by atoms with Gasteiger partial charge in [-0.2, -0.15) is 5.10 Å². The van der Waals surface area contributed by atoms with Crippen molar-refractivity contribution in [3.05, 3.63) is 58.1 Å². The zero-order valence-corrected chi connectivity index (χ0v) is 14.5. The van der Waals surface area contributed by atoms with E-state index in [1.165, 1.54) is 5.56 Å². The molecule has 0 aliphatic carbocycles. The topological polar surface area (TPSA) is 39.1 Å². The van der Waals surface area contributed by atoms with Crippen LogP contribution in [0.15, 0.2) is 42.5 Å². The number of benzene rings is 2. The average Bonchev–Trinajstić information content (AvgIpc) is 3.19. The largest absolute Gasteiger partial charge is 0.497 e. The maximum atomic E-state index is 6.37. The van der Waals surface area contributed by atoms with Crippen LogP contribution in [-0.4, -0.2) is 23.4 Å². The number of nitrogens with one attached hydrogen (secondary N) is 1. The second-order valence-corrected chi connectivity index (χ2v) is 6.44. The van der Waals surface area contributed by atoms with Crippen LogP contribution in [0.25, 0.3) is 16.9 Å². The first kappa shape index (κ1) is 15.4. The van der Waals surface area contributed by atoms with Crippen LogP contribution in [0, 0.1) is 0 Å². The number of methoxy groups -OCH3 is 1. The summed E-state index contributed by atoms with van der Waals surface area (Å²) in [7, 11) is 1.66. The standard InChI is InChI=1S/C18H15Cl2N3O/c1-24-13-4-2-3-11(9-13)17-14-7-8-21-18(14)23(22-17)16-10-12(19)5-6-15(16)20/h2-6,9-10,21H,7-8H2,1H3. The van der Waals surface area contributed by atoms with Crippen molar-refractivity contribution < 1.29 is 4.74 Å². The summed E-state index contributed by atoms with van der Waals surface area (Å²) in [6, 6.07) is 13.3. The van der Waals surface area contributed by atoms with Crippen molar-refractivity contribution >= 4 is 29.0 Å². The van der Waals surface area contributed by atoms with E-state index in [9.17, 15) is 0 Å². The van der Waals surface area contributed by atoms with Gasteiger partial charge in [0, 0.05) is 22.7 Å². The fourth-order valence-corrected chi connectivity index (χ4v) is 3.36. The van der Waals surface area contributed by atoms with E-state index in [0.717, 1.165) is 41.5 Å². The van der Waals surface area contributed by atoms with Crippen molar-refractivity contribution in [1.82, 2.24) is 9.78 Å². The summed E-state index contributed by atoms with van der Waals surface area (Å²) in [6.07, 6.45) is 0.917. The molecule has 0 amide bonds. The van der Waals surface area contributed by atoms with Crippen LogP contribution in [0.2, 0.25) is 10.0 Å². The Morgan fingerprint density at radius 3 is 2.88 bits per heavy atom. The van der Waals surface area contributed by atoms with Crippen molar-refractivity contribution in [2.75, 3.05) is 19.0 Å². The van der Waals surface area contributed by atoms with E-state index in [1.807, 2.05) is 35.0 Å². The minimum absolute atomic E-state index is 0.607. The zero-order valence-electron chi connectivity index (χ0n) is 13.0. The third kappa shape index (κ3) is 2.52. The third-order valence-electron chi connectivity index (χ3n) is 4.13. The molecule has 1 aromatic heterocycles. The molecule has 3 aromatic rings. The van der Waals surface area contributed by atoms with Gasteiger partial charge >= 0.3 is 0 Å². The molecule has 0 radical (unpaired) electrons. The quantitative estimate of drug-likeness (QED) is 0.728. The van der Waals surface area contributed by atoms with Gasteiger partial charge in [0.05, 0.1) is 23.5 Å². The number of fused-ring (bicyclic) bond motifs is 1. The maximum Gasteiger partial charge on any atom is 0.133 e. The zero-order chi connectivity index (χ0) is 16.7. The smallest absolute Gasteiger partial charge is 0.133 e. The fraction of sp³-hybridized carbons (Fsp3) is 0.167. The third-order valence-corrected chi connectivity index (χ3v) is 4.69. The summed E-state index contributed by atoms with van der Waals surface area (Å²) in [5.41, 5.74) is 3.90. The van der Waals surface area contributed by atoms with Crippen molar-refractivity contribution in [2.45, 2.75) is 6.42 Å². The first-order chi connectivity index (χ1) is 11.7. The summed E-state index contributed by atoms with van der Waals surface area (Å²) >= 11 is 12.5. The lowest BCUT2D eigenvalue weighted by atomic mass is 10.1. The van der Waals surface area contributed by atoms with Crippen LogP contribution in [0.4, 0.5) is 5.82 Å². The van der Waals surface area contributed by atoms with E-state index in [-0.39, 0.29) is 0 Å². The lowest BCUT2D eigenvalue weighted by Gasteiger charge is -2.09. The van der Waals surface area contributed by atoms with E-state index in [1.54, 1.807) is 19.2 Å². The molecule has 6 heteroatoms. The first-order valence-corrected chi connectivity index (χ1v) is 8.38. The van der Waals surface area contributed by atoms with Crippen molar-refractivity contribution in [3.8, 4) is 22.7 Å². The van der Waals surface area contributed by atoms with E-state index in [0.29, 0.717) is 10.0 Å². The summed E-state index contributed by atoms with van der Waals surface area (Å²) in [5.74, 6) is 1.78. The number of nitrogens with zero attached hydrogens (tertiary/aromatic N) is 2. The second kappa shape index (κ2) is 6.04. The van der Waals surface area contributed by atoms with E-state index < -0.39 is 0 Å². The lowest BCUT2D eigenvalue weighted by molar-refractivity contribution is 0.415. The van der Waals surface area contributed by atoms with Gasteiger partial charge < -0.3 is 10.1 Å². The molecule has 2 heterocycles.